The molecule has 172 valence electrons. The number of aromatic nitrogens is 2. The molecular weight excluding hydrogens is 470 g/mol. The van der Waals surface area contributed by atoms with Crippen LogP contribution in [0.4, 0.5) is 5.13 Å². The average molecular weight is 490 g/mol. The van der Waals surface area contributed by atoms with Gasteiger partial charge in [0.05, 0.1) is 25.5 Å². The molecule has 0 bridgehead atoms. The first-order valence-corrected chi connectivity index (χ1v) is 11.6. The second kappa shape index (κ2) is 10.0. The van der Waals surface area contributed by atoms with Crippen LogP contribution in [-0.4, -0.2) is 36.3 Å². The van der Waals surface area contributed by atoms with Crippen LogP contribution in [0.3, 0.4) is 0 Å². The molecule has 12 heteroatoms. The molecule has 1 N–H and O–H groups in total. The minimum absolute atomic E-state index is 0.0353. The zero-order valence-corrected chi connectivity index (χ0v) is 19.3. The average Bonchev–Trinajstić information content (AvgIpc) is 3.59. The molecule has 0 atom stereocenters. The smallest absolute Gasteiger partial charge is 0.343 e. The normalized spacial score (nSPS) is 12.8. The molecule has 1 aromatic carbocycles. The molecule has 0 aliphatic heterocycles. The Morgan fingerprint density at radius 1 is 1.15 bits per heavy atom. The van der Waals surface area contributed by atoms with Crippen LogP contribution >= 0.6 is 23.1 Å². The molecule has 3 aromatic rings. The third kappa shape index (κ3) is 5.71. The van der Waals surface area contributed by atoms with Crippen molar-refractivity contribution in [1.29, 1.82) is 0 Å². The number of nitrogens with zero attached hydrogens (tertiary/aromatic N) is 2. The van der Waals surface area contributed by atoms with Crippen LogP contribution in [0.25, 0.3) is 0 Å². The molecule has 33 heavy (non-hydrogen) atoms. The number of ether oxygens (including phenoxy) is 3. The van der Waals surface area contributed by atoms with Crippen molar-refractivity contribution in [2.75, 3.05) is 19.5 Å². The number of hydrogen-bond acceptors (Lipinski definition) is 11. The minimum atomic E-state index is -0.736. The summed E-state index contributed by atoms with van der Waals surface area (Å²) in [4.78, 5) is 36.6. The Hall–Kier alpha value is -3.38. The number of benzene rings is 1. The first kappa shape index (κ1) is 22.8. The maximum atomic E-state index is 12.4. The first-order chi connectivity index (χ1) is 16.0. The molecular formula is C21H19N3O7S2. The summed E-state index contributed by atoms with van der Waals surface area (Å²) < 4.78 is 21.5. The van der Waals surface area contributed by atoms with Crippen molar-refractivity contribution in [2.24, 2.45) is 5.92 Å². The van der Waals surface area contributed by atoms with Gasteiger partial charge < -0.3 is 23.9 Å². The highest BCUT2D eigenvalue weighted by atomic mass is 32.2. The number of carbonyl (C=O) groups excluding carboxylic acids is 2. The molecule has 1 aliphatic rings. The van der Waals surface area contributed by atoms with E-state index in [1.54, 1.807) is 6.07 Å². The number of rotatable bonds is 9. The van der Waals surface area contributed by atoms with E-state index in [-0.39, 0.29) is 23.1 Å². The number of methoxy groups -OCH3 is 2. The van der Waals surface area contributed by atoms with Crippen molar-refractivity contribution in [3.8, 4) is 17.2 Å². The highest BCUT2D eigenvalue weighted by molar-refractivity contribution is 8.00. The molecule has 2 heterocycles. The molecule has 0 radical (unpaired) electrons. The van der Waals surface area contributed by atoms with Crippen molar-refractivity contribution in [1.82, 2.24) is 10.2 Å². The SMILES string of the molecule is COc1ccc(C(=O)Oc2coc(CSc3nnc(NC(=O)C4CC4)s3)cc2=O)cc1OC. The van der Waals surface area contributed by atoms with Crippen LogP contribution in [0.15, 0.2) is 44.1 Å². The number of carbonyl (C=O) groups is 2. The number of amides is 1. The standard InChI is InChI=1S/C21H19N3O7S2/c1-28-15-6-5-12(7-16(15)29-2)19(27)31-17-9-30-13(8-14(17)25)10-32-21-24-23-20(33-21)22-18(26)11-3-4-11/h5-9,11H,3-4,10H2,1-2H3,(H,22,23,26). The van der Waals surface area contributed by atoms with E-state index in [4.69, 9.17) is 18.6 Å². The molecule has 1 amide bonds. The summed E-state index contributed by atoms with van der Waals surface area (Å²) in [6.07, 6.45) is 2.91. The Bertz CT molecular complexity index is 1240. The van der Waals surface area contributed by atoms with Gasteiger partial charge in [-0.2, -0.15) is 0 Å². The second-order valence-corrected chi connectivity index (χ2v) is 9.16. The number of anilines is 1. The van der Waals surface area contributed by atoms with Gasteiger partial charge in [0.2, 0.25) is 22.2 Å². The number of esters is 1. The Balaban J connectivity index is 1.35. The molecule has 1 saturated carbocycles. The Morgan fingerprint density at radius 2 is 1.94 bits per heavy atom. The summed E-state index contributed by atoms with van der Waals surface area (Å²) in [6.45, 7) is 0. The summed E-state index contributed by atoms with van der Waals surface area (Å²) in [7, 11) is 2.93. The van der Waals surface area contributed by atoms with Crippen LogP contribution in [-0.2, 0) is 10.5 Å². The molecule has 4 rings (SSSR count). The van der Waals surface area contributed by atoms with Gasteiger partial charge in [-0.05, 0) is 31.0 Å². The van der Waals surface area contributed by atoms with E-state index >= 15 is 0 Å². The fraction of sp³-hybridized carbons (Fsp3) is 0.286. The van der Waals surface area contributed by atoms with Gasteiger partial charge >= 0.3 is 5.97 Å². The quantitative estimate of drug-likeness (QED) is 0.271. The van der Waals surface area contributed by atoms with Gasteiger partial charge in [-0.15, -0.1) is 10.2 Å². The summed E-state index contributed by atoms with van der Waals surface area (Å²) in [6, 6.07) is 5.77. The summed E-state index contributed by atoms with van der Waals surface area (Å²) >= 11 is 2.55. The van der Waals surface area contributed by atoms with E-state index in [0.29, 0.717) is 32.5 Å². The number of nitrogens with one attached hydrogen (secondary N) is 1. The van der Waals surface area contributed by atoms with Gasteiger partial charge in [0.25, 0.3) is 0 Å². The highest BCUT2D eigenvalue weighted by Gasteiger charge is 2.30. The molecule has 1 aliphatic carbocycles. The number of thioether (sulfide) groups is 1. The van der Waals surface area contributed by atoms with Crippen LogP contribution < -0.4 is 25.0 Å². The van der Waals surface area contributed by atoms with E-state index in [1.165, 1.54) is 55.5 Å². The van der Waals surface area contributed by atoms with Crippen LogP contribution in [0.2, 0.25) is 0 Å². The fourth-order valence-electron chi connectivity index (χ4n) is 2.72. The van der Waals surface area contributed by atoms with Crippen molar-refractivity contribution in [2.45, 2.75) is 22.9 Å². The number of hydrogen-bond donors (Lipinski definition) is 1. The predicted octanol–water partition coefficient (Wildman–Crippen LogP) is 3.37. The van der Waals surface area contributed by atoms with E-state index in [9.17, 15) is 14.4 Å². The Labute approximate surface area is 196 Å². The van der Waals surface area contributed by atoms with Crippen LogP contribution in [0.1, 0.15) is 29.0 Å². The predicted molar refractivity (Wildman–Crippen MR) is 120 cm³/mol. The largest absolute Gasteiger partial charge is 0.493 e. The zero-order chi connectivity index (χ0) is 23.4. The topological polar surface area (TPSA) is 130 Å². The fourth-order valence-corrected chi connectivity index (χ4v) is 4.36. The molecule has 0 spiro atoms. The van der Waals surface area contributed by atoms with E-state index < -0.39 is 11.4 Å². The van der Waals surface area contributed by atoms with Gasteiger partial charge in [0, 0.05) is 12.0 Å². The molecule has 0 unspecified atom stereocenters. The van der Waals surface area contributed by atoms with Crippen molar-refractivity contribution < 1.29 is 28.2 Å². The van der Waals surface area contributed by atoms with Crippen molar-refractivity contribution in [3.63, 3.8) is 0 Å². The molecule has 10 nitrogen and oxygen atoms in total. The van der Waals surface area contributed by atoms with Gasteiger partial charge in [-0.25, -0.2) is 4.79 Å². The lowest BCUT2D eigenvalue weighted by Crippen LogP contribution is -2.15. The Kier molecular flexibility index (Phi) is 6.94. The zero-order valence-electron chi connectivity index (χ0n) is 17.7. The lowest BCUT2D eigenvalue weighted by molar-refractivity contribution is -0.117. The highest BCUT2D eigenvalue weighted by Crippen LogP contribution is 2.32. The third-order valence-corrected chi connectivity index (χ3v) is 6.59. The van der Waals surface area contributed by atoms with Crippen LogP contribution in [0, 0.1) is 5.92 Å². The monoisotopic (exact) mass is 489 g/mol. The van der Waals surface area contributed by atoms with Gasteiger partial charge in [0.1, 0.15) is 12.0 Å². The maximum absolute atomic E-state index is 12.4. The lowest BCUT2D eigenvalue weighted by Gasteiger charge is -2.09. The lowest BCUT2D eigenvalue weighted by atomic mass is 10.2. The van der Waals surface area contributed by atoms with Crippen molar-refractivity contribution in [3.05, 3.63) is 52.1 Å². The molecule has 0 saturated heterocycles. The molecule has 1 fully saturated rings. The van der Waals surface area contributed by atoms with E-state index in [0.717, 1.165) is 19.1 Å². The van der Waals surface area contributed by atoms with Crippen molar-refractivity contribution >= 4 is 40.1 Å². The third-order valence-electron chi connectivity index (χ3n) is 4.60. The van der Waals surface area contributed by atoms with Crippen LogP contribution in [0.5, 0.6) is 17.2 Å². The molecule has 2 aromatic heterocycles. The Morgan fingerprint density at radius 3 is 2.64 bits per heavy atom. The second-order valence-electron chi connectivity index (χ2n) is 6.96. The van der Waals surface area contributed by atoms with Gasteiger partial charge in [-0.3, -0.25) is 9.59 Å². The maximum Gasteiger partial charge on any atom is 0.343 e. The summed E-state index contributed by atoms with van der Waals surface area (Å²) in [5.74, 6) is 0.580. The first-order valence-electron chi connectivity index (χ1n) is 9.80. The summed E-state index contributed by atoms with van der Waals surface area (Å²) in [5.41, 5.74) is -0.312. The van der Waals surface area contributed by atoms with Gasteiger partial charge in [-0.1, -0.05) is 23.1 Å². The minimum Gasteiger partial charge on any atom is -0.493 e. The van der Waals surface area contributed by atoms with E-state index in [1.807, 2.05) is 0 Å². The van der Waals surface area contributed by atoms with E-state index in [2.05, 4.69) is 15.5 Å². The summed E-state index contributed by atoms with van der Waals surface area (Å²) in [5, 5.41) is 11.1. The van der Waals surface area contributed by atoms with Gasteiger partial charge in [0.15, 0.2) is 15.8 Å².